The van der Waals surface area contributed by atoms with Crippen LogP contribution < -0.4 is 0 Å². The molecular weight excluding hydrogens is 150 g/mol. The third kappa shape index (κ3) is 0.843. The van der Waals surface area contributed by atoms with Gasteiger partial charge < -0.3 is 4.42 Å². The van der Waals surface area contributed by atoms with Crippen LogP contribution in [0.2, 0.25) is 0 Å². The minimum Gasteiger partial charge on any atom is -0.443 e. The van der Waals surface area contributed by atoms with E-state index in [1.807, 2.05) is 6.92 Å². The number of nitrogens with zero attached hydrogens (tertiary/aromatic N) is 1. The molecule has 2 aromatic rings. The van der Waals surface area contributed by atoms with E-state index in [0.717, 1.165) is 16.7 Å². The van der Waals surface area contributed by atoms with Gasteiger partial charge in [-0.2, -0.15) is 0 Å². The molecule has 0 atom stereocenters. The van der Waals surface area contributed by atoms with Gasteiger partial charge in [0.15, 0.2) is 12.0 Å². The lowest BCUT2D eigenvalue weighted by atomic mass is 10.1. The van der Waals surface area contributed by atoms with Crippen molar-refractivity contribution in [2.45, 2.75) is 20.8 Å². The van der Waals surface area contributed by atoms with Crippen LogP contribution in [-0.2, 0) is 0 Å². The maximum Gasteiger partial charge on any atom is 0.182 e. The molecule has 0 amide bonds. The van der Waals surface area contributed by atoms with Gasteiger partial charge in [0.2, 0.25) is 0 Å². The smallest absolute Gasteiger partial charge is 0.182 e. The summed E-state index contributed by atoms with van der Waals surface area (Å²) in [4.78, 5) is 4.17. The number of aromatic nitrogens is 1. The summed E-state index contributed by atoms with van der Waals surface area (Å²) in [5, 5.41) is 0. The monoisotopic (exact) mass is 161 g/mol. The molecule has 1 heterocycles. The summed E-state index contributed by atoms with van der Waals surface area (Å²) in [6.45, 7) is 6.20. The Bertz CT molecular complexity index is 429. The molecule has 0 saturated carbocycles. The average Bonchev–Trinajstić information content (AvgIpc) is 2.48. The van der Waals surface area contributed by atoms with Crippen molar-refractivity contribution in [2.75, 3.05) is 0 Å². The summed E-state index contributed by atoms with van der Waals surface area (Å²) in [7, 11) is 0. The predicted octanol–water partition coefficient (Wildman–Crippen LogP) is 2.75. The first-order valence-electron chi connectivity index (χ1n) is 4.00. The Morgan fingerprint density at radius 3 is 2.67 bits per heavy atom. The van der Waals surface area contributed by atoms with Crippen molar-refractivity contribution in [3.63, 3.8) is 0 Å². The summed E-state index contributed by atoms with van der Waals surface area (Å²) in [5.74, 6) is 0. The molecule has 0 saturated heterocycles. The second-order valence-electron chi connectivity index (χ2n) is 3.17. The number of fused-ring (bicyclic) bond motifs is 1. The van der Waals surface area contributed by atoms with Crippen LogP contribution in [-0.4, -0.2) is 4.98 Å². The van der Waals surface area contributed by atoms with Gasteiger partial charge in [0.05, 0.1) is 0 Å². The summed E-state index contributed by atoms with van der Waals surface area (Å²) < 4.78 is 5.27. The minimum atomic E-state index is 0.915. The lowest BCUT2D eigenvalue weighted by Gasteiger charge is -2.01. The number of aryl methyl sites for hydroxylation is 3. The fraction of sp³-hybridized carbons (Fsp3) is 0.300. The fourth-order valence-corrected chi connectivity index (χ4v) is 1.48. The Morgan fingerprint density at radius 1 is 1.17 bits per heavy atom. The van der Waals surface area contributed by atoms with Crippen molar-refractivity contribution >= 4 is 11.1 Å². The van der Waals surface area contributed by atoms with E-state index in [2.05, 4.69) is 24.9 Å². The third-order valence-corrected chi connectivity index (χ3v) is 2.31. The van der Waals surface area contributed by atoms with Crippen molar-refractivity contribution in [1.82, 2.24) is 4.98 Å². The first-order chi connectivity index (χ1) is 5.70. The first kappa shape index (κ1) is 7.35. The lowest BCUT2D eigenvalue weighted by molar-refractivity contribution is 0.600. The summed E-state index contributed by atoms with van der Waals surface area (Å²) >= 11 is 0. The summed E-state index contributed by atoms with van der Waals surface area (Å²) in [6.07, 6.45) is 1.50. The normalized spacial score (nSPS) is 10.9. The number of oxazole rings is 1. The van der Waals surface area contributed by atoms with E-state index in [1.54, 1.807) is 0 Å². The first-order valence-corrected chi connectivity index (χ1v) is 4.00. The van der Waals surface area contributed by atoms with Gasteiger partial charge in [-0.25, -0.2) is 4.98 Å². The van der Waals surface area contributed by atoms with Crippen LogP contribution in [0, 0.1) is 20.8 Å². The molecule has 0 fully saturated rings. The molecule has 1 aromatic carbocycles. The number of rotatable bonds is 0. The highest BCUT2D eigenvalue weighted by Gasteiger charge is 2.06. The molecule has 62 valence electrons. The van der Waals surface area contributed by atoms with Gasteiger partial charge >= 0.3 is 0 Å². The molecule has 0 spiro atoms. The largest absolute Gasteiger partial charge is 0.443 e. The second kappa shape index (κ2) is 2.34. The van der Waals surface area contributed by atoms with Gasteiger partial charge in [-0.3, -0.25) is 0 Å². The van der Waals surface area contributed by atoms with Crippen molar-refractivity contribution in [1.29, 1.82) is 0 Å². The van der Waals surface area contributed by atoms with Crippen LogP contribution in [0.1, 0.15) is 16.7 Å². The molecule has 12 heavy (non-hydrogen) atoms. The van der Waals surface area contributed by atoms with E-state index in [4.69, 9.17) is 4.42 Å². The number of benzene rings is 1. The van der Waals surface area contributed by atoms with Crippen molar-refractivity contribution in [2.24, 2.45) is 0 Å². The molecule has 2 heteroatoms. The molecular formula is C10H11NO. The quantitative estimate of drug-likeness (QED) is 0.593. The van der Waals surface area contributed by atoms with Crippen LogP contribution in [0.5, 0.6) is 0 Å². The maximum absolute atomic E-state index is 5.27. The highest BCUT2D eigenvalue weighted by atomic mass is 16.3. The topological polar surface area (TPSA) is 26.0 Å². The zero-order valence-electron chi connectivity index (χ0n) is 7.51. The molecule has 0 unspecified atom stereocenters. The molecule has 0 aliphatic rings. The van der Waals surface area contributed by atoms with E-state index in [-0.39, 0.29) is 0 Å². The van der Waals surface area contributed by atoms with Crippen LogP contribution in [0.15, 0.2) is 16.9 Å². The minimum absolute atomic E-state index is 0.915. The summed E-state index contributed by atoms with van der Waals surface area (Å²) in [6, 6.07) is 2.13. The molecule has 0 bridgehead atoms. The Kier molecular flexibility index (Phi) is 1.43. The molecule has 0 radical (unpaired) electrons. The molecule has 1 aromatic heterocycles. The number of hydrogen-bond acceptors (Lipinski definition) is 2. The SMILES string of the molecule is Cc1cc(C)c2ocnc2c1C. The number of hydrogen-bond donors (Lipinski definition) is 0. The van der Waals surface area contributed by atoms with Gasteiger partial charge in [0.25, 0.3) is 0 Å². The van der Waals surface area contributed by atoms with Crippen LogP contribution in [0.25, 0.3) is 11.1 Å². The Balaban J connectivity index is 2.97. The van der Waals surface area contributed by atoms with E-state index in [9.17, 15) is 0 Å². The van der Waals surface area contributed by atoms with Crippen LogP contribution in [0.4, 0.5) is 0 Å². The van der Waals surface area contributed by atoms with Crippen LogP contribution >= 0.6 is 0 Å². The standard InChI is InChI=1S/C10H11NO/c1-6-4-7(2)10-9(8(6)3)11-5-12-10/h4-5H,1-3H3. The van der Waals surface area contributed by atoms with Crippen molar-refractivity contribution in [3.05, 3.63) is 29.2 Å². The highest BCUT2D eigenvalue weighted by Crippen LogP contribution is 2.23. The van der Waals surface area contributed by atoms with Crippen molar-refractivity contribution < 1.29 is 4.42 Å². The second-order valence-corrected chi connectivity index (χ2v) is 3.17. The van der Waals surface area contributed by atoms with E-state index >= 15 is 0 Å². The molecule has 0 aliphatic carbocycles. The van der Waals surface area contributed by atoms with Crippen LogP contribution in [0.3, 0.4) is 0 Å². The summed E-state index contributed by atoms with van der Waals surface area (Å²) in [5.41, 5.74) is 5.55. The lowest BCUT2D eigenvalue weighted by Crippen LogP contribution is -1.85. The van der Waals surface area contributed by atoms with E-state index in [0.29, 0.717) is 0 Å². The highest BCUT2D eigenvalue weighted by molar-refractivity contribution is 5.80. The van der Waals surface area contributed by atoms with E-state index in [1.165, 1.54) is 17.5 Å². The molecule has 2 rings (SSSR count). The van der Waals surface area contributed by atoms with Gasteiger partial charge in [-0.1, -0.05) is 6.07 Å². The van der Waals surface area contributed by atoms with Gasteiger partial charge in [0, 0.05) is 0 Å². The zero-order chi connectivity index (χ0) is 8.72. The molecule has 2 nitrogen and oxygen atoms in total. The molecule has 0 N–H and O–H groups in total. The Labute approximate surface area is 71.2 Å². The Morgan fingerprint density at radius 2 is 1.92 bits per heavy atom. The van der Waals surface area contributed by atoms with Gasteiger partial charge in [-0.05, 0) is 37.5 Å². The molecule has 0 aliphatic heterocycles. The third-order valence-electron chi connectivity index (χ3n) is 2.31. The zero-order valence-corrected chi connectivity index (χ0v) is 7.51. The predicted molar refractivity (Wildman–Crippen MR) is 48.2 cm³/mol. The van der Waals surface area contributed by atoms with Crippen molar-refractivity contribution in [3.8, 4) is 0 Å². The Hall–Kier alpha value is -1.31. The van der Waals surface area contributed by atoms with Gasteiger partial charge in [-0.15, -0.1) is 0 Å². The average molecular weight is 161 g/mol. The van der Waals surface area contributed by atoms with Gasteiger partial charge in [0.1, 0.15) is 5.52 Å². The fourth-order valence-electron chi connectivity index (χ4n) is 1.48. The maximum atomic E-state index is 5.27. The van der Waals surface area contributed by atoms with E-state index < -0.39 is 0 Å².